The van der Waals surface area contributed by atoms with E-state index in [0.29, 0.717) is 18.5 Å². The van der Waals surface area contributed by atoms with Crippen LogP contribution in [0.3, 0.4) is 0 Å². The highest BCUT2D eigenvalue weighted by molar-refractivity contribution is 5.81. The van der Waals surface area contributed by atoms with Crippen molar-refractivity contribution < 1.29 is 0 Å². The van der Waals surface area contributed by atoms with Crippen molar-refractivity contribution in [2.75, 3.05) is 6.54 Å². The Morgan fingerprint density at radius 2 is 2.06 bits per heavy atom. The Kier molecular flexibility index (Phi) is 3.99. The zero-order valence-electron chi connectivity index (χ0n) is 11.4. The summed E-state index contributed by atoms with van der Waals surface area (Å²) in [5.74, 6) is 0.532. The molecule has 4 nitrogen and oxygen atoms in total. The molecule has 2 rings (SSSR count). The van der Waals surface area contributed by atoms with Crippen LogP contribution >= 0.6 is 0 Å². The maximum Gasteiger partial charge on any atom is 0.0841 e. The van der Waals surface area contributed by atoms with Crippen molar-refractivity contribution in [2.24, 2.45) is 18.7 Å². The Balaban J connectivity index is 2.17. The third-order valence-corrected chi connectivity index (χ3v) is 3.42. The summed E-state index contributed by atoms with van der Waals surface area (Å²) in [7, 11) is 1.98. The molecule has 0 saturated heterocycles. The number of rotatable bonds is 5. The highest BCUT2D eigenvalue weighted by Crippen LogP contribution is 2.17. The van der Waals surface area contributed by atoms with E-state index in [9.17, 15) is 0 Å². The minimum absolute atomic E-state index is 0.339. The van der Waals surface area contributed by atoms with Gasteiger partial charge in [0.1, 0.15) is 0 Å². The smallest absolute Gasteiger partial charge is 0.0841 e. The minimum atomic E-state index is 0.339. The Bertz CT molecular complexity index is 515. The molecule has 0 aliphatic carbocycles. The first-order chi connectivity index (χ1) is 8.63. The molecule has 0 spiro atoms. The maximum atomic E-state index is 5.77. The Labute approximate surface area is 108 Å². The average Bonchev–Trinajstić information content (AvgIpc) is 2.68. The summed E-state index contributed by atoms with van der Waals surface area (Å²) in [5.41, 5.74) is 8.03. The van der Waals surface area contributed by atoms with Gasteiger partial charge in [-0.05, 0) is 12.0 Å². The van der Waals surface area contributed by atoms with Crippen LogP contribution in [0.4, 0.5) is 0 Å². The molecular weight excluding hydrogens is 224 g/mol. The standard InChI is InChI=1S/C14H22N4/c1-10(2)12(8-15)16-9-13-11-6-4-5-7-14(11)18(3)17-13/h4-7,10,12,16H,8-9,15H2,1-3H3. The molecule has 0 saturated carbocycles. The molecule has 0 aliphatic heterocycles. The van der Waals surface area contributed by atoms with Crippen LogP contribution in [0.1, 0.15) is 19.5 Å². The fourth-order valence-corrected chi connectivity index (χ4v) is 2.24. The van der Waals surface area contributed by atoms with E-state index < -0.39 is 0 Å². The number of aromatic nitrogens is 2. The summed E-state index contributed by atoms with van der Waals surface area (Å²) in [4.78, 5) is 0. The fraction of sp³-hybridized carbons (Fsp3) is 0.500. The van der Waals surface area contributed by atoms with Gasteiger partial charge in [0, 0.05) is 31.6 Å². The summed E-state index contributed by atoms with van der Waals surface area (Å²) in [6, 6.07) is 8.64. The quantitative estimate of drug-likeness (QED) is 0.843. The first kappa shape index (κ1) is 13.1. The van der Waals surface area contributed by atoms with E-state index in [1.165, 1.54) is 10.9 Å². The number of hydrogen-bond donors (Lipinski definition) is 2. The minimum Gasteiger partial charge on any atom is -0.329 e. The highest BCUT2D eigenvalue weighted by atomic mass is 15.3. The molecule has 0 amide bonds. The number of fused-ring (bicyclic) bond motifs is 1. The van der Waals surface area contributed by atoms with Crippen LogP contribution in [0.15, 0.2) is 24.3 Å². The molecular formula is C14H22N4. The van der Waals surface area contributed by atoms with Crippen LogP contribution in [0.5, 0.6) is 0 Å². The maximum absolute atomic E-state index is 5.77. The Hall–Kier alpha value is -1.39. The van der Waals surface area contributed by atoms with E-state index in [4.69, 9.17) is 5.73 Å². The molecule has 0 fully saturated rings. The number of nitrogens with one attached hydrogen (secondary N) is 1. The zero-order chi connectivity index (χ0) is 13.1. The number of para-hydroxylation sites is 1. The van der Waals surface area contributed by atoms with Gasteiger partial charge in [-0.3, -0.25) is 4.68 Å². The van der Waals surface area contributed by atoms with Gasteiger partial charge in [0.15, 0.2) is 0 Å². The van der Waals surface area contributed by atoms with Gasteiger partial charge in [-0.15, -0.1) is 0 Å². The molecule has 1 aromatic carbocycles. The molecule has 98 valence electrons. The predicted molar refractivity (Wildman–Crippen MR) is 75.2 cm³/mol. The van der Waals surface area contributed by atoms with E-state index in [1.807, 2.05) is 17.8 Å². The number of nitrogens with two attached hydrogens (primary N) is 1. The summed E-state index contributed by atoms with van der Waals surface area (Å²) in [5, 5.41) is 9.27. The van der Waals surface area contributed by atoms with Crippen LogP contribution in [-0.4, -0.2) is 22.4 Å². The lowest BCUT2D eigenvalue weighted by Gasteiger charge is -2.19. The number of benzene rings is 1. The van der Waals surface area contributed by atoms with Crippen molar-refractivity contribution in [1.29, 1.82) is 0 Å². The van der Waals surface area contributed by atoms with Gasteiger partial charge < -0.3 is 11.1 Å². The predicted octanol–water partition coefficient (Wildman–Crippen LogP) is 1.65. The molecule has 0 bridgehead atoms. The van der Waals surface area contributed by atoms with Crippen LogP contribution < -0.4 is 11.1 Å². The van der Waals surface area contributed by atoms with Crippen molar-refractivity contribution in [3.8, 4) is 0 Å². The SMILES string of the molecule is CC(C)C(CN)NCc1nn(C)c2ccccc12. The lowest BCUT2D eigenvalue weighted by molar-refractivity contribution is 0.402. The van der Waals surface area contributed by atoms with E-state index in [2.05, 4.69) is 42.5 Å². The first-order valence-electron chi connectivity index (χ1n) is 6.47. The molecule has 1 atom stereocenters. The van der Waals surface area contributed by atoms with Gasteiger partial charge in [0.05, 0.1) is 11.2 Å². The normalized spacial score (nSPS) is 13.4. The number of hydrogen-bond acceptors (Lipinski definition) is 3. The van der Waals surface area contributed by atoms with Gasteiger partial charge in [-0.1, -0.05) is 32.0 Å². The van der Waals surface area contributed by atoms with Gasteiger partial charge in [0.2, 0.25) is 0 Å². The third-order valence-electron chi connectivity index (χ3n) is 3.42. The summed E-state index contributed by atoms with van der Waals surface area (Å²) >= 11 is 0. The molecule has 3 N–H and O–H groups in total. The van der Waals surface area contributed by atoms with Gasteiger partial charge in [-0.25, -0.2) is 0 Å². The van der Waals surface area contributed by atoms with Gasteiger partial charge in [0.25, 0.3) is 0 Å². The molecule has 0 radical (unpaired) electrons. The molecule has 1 unspecified atom stereocenters. The Morgan fingerprint density at radius 3 is 2.72 bits per heavy atom. The fourth-order valence-electron chi connectivity index (χ4n) is 2.24. The Morgan fingerprint density at radius 1 is 1.33 bits per heavy atom. The topological polar surface area (TPSA) is 55.9 Å². The first-order valence-corrected chi connectivity index (χ1v) is 6.47. The second-order valence-electron chi connectivity index (χ2n) is 5.05. The van der Waals surface area contributed by atoms with Crippen LogP contribution in [-0.2, 0) is 13.6 Å². The zero-order valence-corrected chi connectivity index (χ0v) is 11.4. The van der Waals surface area contributed by atoms with Crippen LogP contribution in [0, 0.1) is 5.92 Å². The van der Waals surface area contributed by atoms with Crippen LogP contribution in [0.25, 0.3) is 10.9 Å². The molecule has 1 aromatic heterocycles. The van der Waals surface area contributed by atoms with Crippen molar-refractivity contribution in [3.63, 3.8) is 0 Å². The van der Waals surface area contributed by atoms with Crippen molar-refractivity contribution in [1.82, 2.24) is 15.1 Å². The van der Waals surface area contributed by atoms with E-state index in [1.54, 1.807) is 0 Å². The summed E-state index contributed by atoms with van der Waals surface area (Å²) < 4.78 is 1.93. The molecule has 4 heteroatoms. The molecule has 0 aliphatic rings. The lowest BCUT2D eigenvalue weighted by Crippen LogP contribution is -2.39. The largest absolute Gasteiger partial charge is 0.329 e. The van der Waals surface area contributed by atoms with E-state index >= 15 is 0 Å². The average molecular weight is 246 g/mol. The second-order valence-corrected chi connectivity index (χ2v) is 5.05. The molecule has 18 heavy (non-hydrogen) atoms. The third kappa shape index (κ3) is 2.54. The van der Waals surface area contributed by atoms with Gasteiger partial charge in [-0.2, -0.15) is 5.10 Å². The lowest BCUT2D eigenvalue weighted by atomic mass is 10.0. The van der Waals surface area contributed by atoms with E-state index in [-0.39, 0.29) is 0 Å². The number of nitrogens with zero attached hydrogens (tertiary/aromatic N) is 2. The van der Waals surface area contributed by atoms with Crippen molar-refractivity contribution >= 4 is 10.9 Å². The molecule has 1 heterocycles. The summed E-state index contributed by atoms with van der Waals surface area (Å²) in [6.45, 7) is 5.78. The van der Waals surface area contributed by atoms with Crippen molar-refractivity contribution in [3.05, 3.63) is 30.0 Å². The summed E-state index contributed by atoms with van der Waals surface area (Å²) in [6.07, 6.45) is 0. The van der Waals surface area contributed by atoms with Crippen molar-refractivity contribution in [2.45, 2.75) is 26.4 Å². The molecule has 2 aromatic rings. The highest BCUT2D eigenvalue weighted by Gasteiger charge is 2.13. The van der Waals surface area contributed by atoms with E-state index in [0.717, 1.165) is 12.2 Å². The van der Waals surface area contributed by atoms with Gasteiger partial charge >= 0.3 is 0 Å². The monoisotopic (exact) mass is 246 g/mol. The second kappa shape index (κ2) is 5.50. The van der Waals surface area contributed by atoms with Crippen LogP contribution in [0.2, 0.25) is 0 Å². The number of aryl methyl sites for hydroxylation is 1.